The second-order valence-electron chi connectivity index (χ2n) is 6.94. The van der Waals surface area contributed by atoms with Crippen LogP contribution in [0.15, 0.2) is 42.7 Å². The van der Waals surface area contributed by atoms with Gasteiger partial charge in [0.1, 0.15) is 28.7 Å². The molecule has 4 heterocycles. The van der Waals surface area contributed by atoms with Crippen LogP contribution in [-0.4, -0.2) is 51.6 Å². The quantitative estimate of drug-likeness (QED) is 0.517. The van der Waals surface area contributed by atoms with Gasteiger partial charge in [-0.1, -0.05) is 10.7 Å². The Morgan fingerprint density at radius 1 is 1.10 bits per heavy atom. The van der Waals surface area contributed by atoms with E-state index >= 15 is 0 Å². The maximum absolute atomic E-state index is 14.1. The summed E-state index contributed by atoms with van der Waals surface area (Å²) in [6.07, 6.45) is 3.32. The Balaban J connectivity index is 1.37. The predicted molar refractivity (Wildman–Crippen MR) is 104 cm³/mol. The smallest absolute Gasteiger partial charge is 0.222 e. The Labute approximate surface area is 170 Å². The van der Waals surface area contributed by atoms with Gasteiger partial charge >= 0.3 is 0 Å². The van der Waals surface area contributed by atoms with Gasteiger partial charge in [-0.2, -0.15) is 0 Å². The lowest BCUT2D eigenvalue weighted by atomic mass is 10.2. The maximum atomic E-state index is 14.1. The molecule has 5 rings (SSSR count). The van der Waals surface area contributed by atoms with Crippen LogP contribution in [0.1, 0.15) is 5.69 Å². The van der Waals surface area contributed by atoms with Crippen LogP contribution < -0.4 is 9.58 Å². The second kappa shape index (κ2) is 7.71. The van der Waals surface area contributed by atoms with Crippen molar-refractivity contribution in [3.05, 3.63) is 60.1 Å². The van der Waals surface area contributed by atoms with E-state index in [-0.39, 0.29) is 11.4 Å². The summed E-state index contributed by atoms with van der Waals surface area (Å²) in [5, 5.41) is 12.9. The van der Waals surface area contributed by atoms with Gasteiger partial charge in [0.25, 0.3) is 0 Å². The van der Waals surface area contributed by atoms with Crippen LogP contribution in [-0.2, 0) is 11.3 Å². The third-order valence-electron chi connectivity index (χ3n) is 4.94. The fraction of sp³-hybridized carbons (Fsp3) is 0.250. The van der Waals surface area contributed by atoms with Gasteiger partial charge in [-0.05, 0) is 29.4 Å². The highest BCUT2D eigenvalue weighted by molar-refractivity contribution is 5.77. The summed E-state index contributed by atoms with van der Waals surface area (Å²) < 4.78 is 34.6. The highest BCUT2D eigenvalue weighted by Crippen LogP contribution is 2.23. The van der Waals surface area contributed by atoms with Crippen molar-refractivity contribution in [3.8, 4) is 11.4 Å². The number of imidazole rings is 1. The van der Waals surface area contributed by atoms with Gasteiger partial charge in [0.2, 0.25) is 12.7 Å². The fourth-order valence-corrected chi connectivity index (χ4v) is 3.37. The van der Waals surface area contributed by atoms with Crippen LogP contribution in [0.5, 0.6) is 0 Å². The highest BCUT2D eigenvalue weighted by Gasteiger charge is 2.17. The molecule has 1 fully saturated rings. The highest BCUT2D eigenvalue weighted by atomic mass is 19.2. The summed E-state index contributed by atoms with van der Waals surface area (Å²) in [7, 11) is 0. The molecular weight excluding hydrogens is 392 g/mol. The van der Waals surface area contributed by atoms with Gasteiger partial charge in [0.05, 0.1) is 18.8 Å². The van der Waals surface area contributed by atoms with Crippen LogP contribution in [0.3, 0.4) is 0 Å². The molecule has 0 unspecified atom stereocenters. The fourth-order valence-electron chi connectivity index (χ4n) is 3.37. The van der Waals surface area contributed by atoms with E-state index in [4.69, 9.17) is 4.74 Å². The van der Waals surface area contributed by atoms with Crippen molar-refractivity contribution in [1.29, 1.82) is 0 Å². The third kappa shape index (κ3) is 3.57. The van der Waals surface area contributed by atoms with E-state index < -0.39 is 11.6 Å². The summed E-state index contributed by atoms with van der Waals surface area (Å²) >= 11 is 0. The number of benzene rings is 1. The van der Waals surface area contributed by atoms with Gasteiger partial charge in [-0.15, -0.1) is 10.2 Å². The number of anilines is 1. The zero-order valence-electron chi connectivity index (χ0n) is 15.9. The maximum Gasteiger partial charge on any atom is 0.222 e. The number of hydrogen-bond donors (Lipinski definition) is 1. The molecular formula is C20H18F2N7O+. The Morgan fingerprint density at radius 3 is 2.77 bits per heavy atom. The molecule has 4 aromatic rings. The topological polar surface area (TPSA) is 83.7 Å². The summed E-state index contributed by atoms with van der Waals surface area (Å²) in [5.41, 5.74) is 2.03. The lowest BCUT2D eigenvalue weighted by molar-refractivity contribution is -0.745. The molecule has 0 aliphatic carbocycles. The van der Waals surface area contributed by atoms with Crippen molar-refractivity contribution < 1.29 is 18.2 Å². The molecule has 0 atom stereocenters. The summed E-state index contributed by atoms with van der Waals surface area (Å²) in [6, 6.07) is 7.84. The molecule has 1 aliphatic rings. The van der Waals surface area contributed by atoms with E-state index in [2.05, 4.69) is 30.2 Å². The molecule has 3 aromatic heterocycles. The molecule has 1 aliphatic heterocycles. The Kier molecular flexibility index (Phi) is 4.75. The third-order valence-corrected chi connectivity index (χ3v) is 4.94. The molecule has 0 amide bonds. The minimum absolute atomic E-state index is 0.0716. The van der Waals surface area contributed by atoms with Gasteiger partial charge in [-0.3, -0.25) is 0 Å². The molecule has 0 bridgehead atoms. The summed E-state index contributed by atoms with van der Waals surface area (Å²) in [6.45, 7) is 3.39. The number of rotatable bonds is 4. The minimum atomic E-state index is -0.937. The van der Waals surface area contributed by atoms with Crippen molar-refractivity contribution in [2.24, 2.45) is 0 Å². The Morgan fingerprint density at radius 2 is 1.97 bits per heavy atom. The predicted octanol–water partition coefficient (Wildman–Crippen LogP) is 1.87. The first-order valence-corrected chi connectivity index (χ1v) is 9.52. The number of H-pyrrole nitrogens is 1. The van der Waals surface area contributed by atoms with Gasteiger partial charge < -0.3 is 14.6 Å². The number of aromatic amines is 1. The summed E-state index contributed by atoms with van der Waals surface area (Å²) in [5.74, 6) is -0.782. The number of morpholine rings is 1. The molecule has 8 nitrogen and oxygen atoms in total. The molecule has 1 N–H and O–H groups in total. The van der Waals surface area contributed by atoms with Crippen molar-refractivity contribution >= 4 is 16.9 Å². The number of fused-ring (bicyclic) bond motifs is 1. The van der Waals surface area contributed by atoms with Crippen LogP contribution in [0.4, 0.5) is 14.6 Å². The van der Waals surface area contributed by atoms with Crippen LogP contribution in [0, 0.1) is 11.6 Å². The number of aromatic nitrogens is 6. The zero-order valence-corrected chi connectivity index (χ0v) is 15.9. The van der Waals surface area contributed by atoms with E-state index in [0.29, 0.717) is 30.8 Å². The average molecular weight is 410 g/mol. The molecule has 0 radical (unpaired) electrons. The van der Waals surface area contributed by atoms with Crippen molar-refractivity contribution in [1.82, 2.24) is 25.3 Å². The number of hydrogen-bond acceptors (Lipinski definition) is 6. The van der Waals surface area contributed by atoms with E-state index in [1.165, 1.54) is 12.1 Å². The lowest BCUT2D eigenvalue weighted by Gasteiger charge is -2.27. The van der Waals surface area contributed by atoms with Crippen LogP contribution >= 0.6 is 0 Å². The van der Waals surface area contributed by atoms with E-state index in [0.717, 1.165) is 30.7 Å². The van der Waals surface area contributed by atoms with Crippen molar-refractivity contribution in [3.63, 3.8) is 0 Å². The lowest BCUT2D eigenvalue weighted by Crippen LogP contribution is -2.39. The number of nitrogens with zero attached hydrogens (tertiary/aromatic N) is 6. The Hall–Kier alpha value is -3.53. The Bertz CT molecular complexity index is 1190. The first-order valence-electron chi connectivity index (χ1n) is 9.52. The standard InChI is InChI=1S/C20H17F2N7O/c21-15-3-1-2-14(19(15)22)20-24-16-10-23-29(12-17(16)25-20)11-13-4-5-18(27-26-13)28-6-8-30-9-7-28/h1-5,10,12H,6-9,11H2/p+1. The molecule has 0 spiro atoms. The molecule has 10 heteroatoms. The first kappa shape index (κ1) is 18.5. The first-order chi connectivity index (χ1) is 14.7. The minimum Gasteiger partial charge on any atom is -0.378 e. The van der Waals surface area contributed by atoms with E-state index in [1.807, 2.05) is 12.1 Å². The number of halogens is 2. The van der Waals surface area contributed by atoms with Crippen LogP contribution in [0.25, 0.3) is 22.4 Å². The van der Waals surface area contributed by atoms with Gasteiger partial charge in [0, 0.05) is 13.1 Å². The SMILES string of the molecule is Fc1cccc(-c2nc3cn[n+](Cc4ccc(N5CCOCC5)nn4)cc3[nH]2)c1F. The number of ether oxygens (including phenoxy) is 1. The normalized spacial score (nSPS) is 14.4. The number of nitrogens with one attached hydrogen (secondary N) is 1. The largest absolute Gasteiger partial charge is 0.378 e. The molecule has 0 saturated carbocycles. The molecule has 1 aromatic carbocycles. The van der Waals surface area contributed by atoms with E-state index in [9.17, 15) is 8.78 Å². The second-order valence-corrected chi connectivity index (χ2v) is 6.94. The molecule has 1 saturated heterocycles. The monoisotopic (exact) mass is 410 g/mol. The van der Waals surface area contributed by atoms with Crippen molar-refractivity contribution in [2.75, 3.05) is 31.2 Å². The van der Waals surface area contributed by atoms with E-state index in [1.54, 1.807) is 17.1 Å². The molecule has 30 heavy (non-hydrogen) atoms. The van der Waals surface area contributed by atoms with Gasteiger partial charge in [-0.25, -0.2) is 13.8 Å². The molecule has 152 valence electrons. The van der Waals surface area contributed by atoms with Gasteiger partial charge in [0.15, 0.2) is 17.5 Å². The zero-order chi connectivity index (χ0) is 20.5. The average Bonchev–Trinajstić information content (AvgIpc) is 3.20. The summed E-state index contributed by atoms with van der Waals surface area (Å²) in [4.78, 5) is 9.47. The van der Waals surface area contributed by atoms with Crippen LogP contribution in [0.2, 0.25) is 0 Å². The van der Waals surface area contributed by atoms with Crippen molar-refractivity contribution in [2.45, 2.75) is 6.54 Å².